The van der Waals surface area contributed by atoms with Crippen molar-refractivity contribution in [2.45, 2.75) is 31.6 Å². The van der Waals surface area contributed by atoms with Gasteiger partial charge in [0.2, 0.25) is 0 Å². The van der Waals surface area contributed by atoms with Gasteiger partial charge in [-0.3, -0.25) is 4.79 Å². The normalized spacial score (nSPS) is 21.3. The second-order valence-electron chi connectivity index (χ2n) is 4.97. The summed E-state index contributed by atoms with van der Waals surface area (Å²) in [7, 11) is 1.64. The van der Waals surface area contributed by atoms with Crippen LogP contribution in [0.3, 0.4) is 0 Å². The molecule has 0 radical (unpaired) electrons. The van der Waals surface area contributed by atoms with Gasteiger partial charge in [0.25, 0.3) is 5.91 Å². The lowest BCUT2D eigenvalue weighted by Crippen LogP contribution is -2.36. The van der Waals surface area contributed by atoms with E-state index in [0.29, 0.717) is 29.4 Å². The van der Waals surface area contributed by atoms with Gasteiger partial charge < -0.3 is 14.7 Å². The third-order valence-corrected chi connectivity index (χ3v) is 4.09. The Kier molecular flexibility index (Phi) is 5.08. The Morgan fingerprint density at radius 1 is 1.29 bits per heavy atom. The number of carboxylic acid groups (broad SMARTS) is 1. The third-order valence-electron chi connectivity index (χ3n) is 3.35. The number of hydrogen-bond acceptors (Lipinski definition) is 3. The highest BCUT2D eigenvalue weighted by Gasteiger charge is 2.35. The lowest BCUT2D eigenvalue weighted by molar-refractivity contribution is -0.154. The van der Waals surface area contributed by atoms with Gasteiger partial charge in [0, 0.05) is 13.6 Å². The summed E-state index contributed by atoms with van der Waals surface area (Å²) in [5.41, 5.74) is 0.841. The van der Waals surface area contributed by atoms with E-state index in [9.17, 15) is 9.59 Å². The second-order valence-corrected chi connectivity index (χ2v) is 5.79. The number of halogens is 2. The van der Waals surface area contributed by atoms with Crippen LogP contribution in [0, 0.1) is 0 Å². The maximum atomic E-state index is 12.2. The van der Waals surface area contributed by atoms with Gasteiger partial charge in [0.05, 0.1) is 10.0 Å². The van der Waals surface area contributed by atoms with Gasteiger partial charge in [-0.1, -0.05) is 29.3 Å². The Balaban J connectivity index is 1.96. The monoisotopic (exact) mass is 331 g/mol. The molecule has 1 aliphatic heterocycles. The Morgan fingerprint density at radius 3 is 2.52 bits per heavy atom. The van der Waals surface area contributed by atoms with Gasteiger partial charge in [-0.15, -0.1) is 0 Å². The molecule has 1 heterocycles. The fourth-order valence-corrected chi connectivity index (χ4v) is 2.56. The number of carbonyl (C=O) groups is 2. The van der Waals surface area contributed by atoms with Crippen molar-refractivity contribution in [1.82, 2.24) is 4.90 Å². The van der Waals surface area contributed by atoms with Gasteiger partial charge in [0.15, 0.2) is 6.10 Å². The first kappa shape index (κ1) is 16.1. The molecule has 5 nitrogen and oxygen atoms in total. The molecule has 2 atom stereocenters. The maximum Gasteiger partial charge on any atom is 0.332 e. The number of rotatable bonds is 4. The molecule has 1 saturated heterocycles. The van der Waals surface area contributed by atoms with E-state index >= 15 is 0 Å². The van der Waals surface area contributed by atoms with Crippen molar-refractivity contribution >= 4 is 35.1 Å². The predicted molar refractivity (Wildman–Crippen MR) is 78.5 cm³/mol. The van der Waals surface area contributed by atoms with Crippen molar-refractivity contribution in [3.05, 3.63) is 33.8 Å². The van der Waals surface area contributed by atoms with Crippen molar-refractivity contribution in [1.29, 1.82) is 0 Å². The number of benzene rings is 1. The largest absolute Gasteiger partial charge is 0.479 e. The Hall–Kier alpha value is -1.30. The van der Waals surface area contributed by atoms with Crippen LogP contribution in [-0.2, 0) is 20.9 Å². The van der Waals surface area contributed by atoms with Crippen molar-refractivity contribution in [3.8, 4) is 0 Å². The molecular weight excluding hydrogens is 317 g/mol. The number of hydrogen-bond donors (Lipinski definition) is 1. The SMILES string of the molecule is CN(Cc1ccc(Cl)c(Cl)c1)C(=O)C1CCC(C(=O)O)O1. The summed E-state index contributed by atoms with van der Waals surface area (Å²) < 4.78 is 5.25. The molecule has 0 saturated carbocycles. The van der Waals surface area contributed by atoms with E-state index in [1.54, 1.807) is 25.2 Å². The summed E-state index contributed by atoms with van der Waals surface area (Å²) in [5.74, 6) is -1.26. The smallest absolute Gasteiger partial charge is 0.332 e. The summed E-state index contributed by atoms with van der Waals surface area (Å²) >= 11 is 11.8. The zero-order chi connectivity index (χ0) is 15.6. The van der Waals surface area contributed by atoms with Gasteiger partial charge in [-0.05, 0) is 30.5 Å². The maximum absolute atomic E-state index is 12.2. The molecule has 7 heteroatoms. The van der Waals surface area contributed by atoms with E-state index in [2.05, 4.69) is 0 Å². The summed E-state index contributed by atoms with van der Waals surface area (Å²) in [6.45, 7) is 0.354. The number of carbonyl (C=O) groups excluding carboxylic acids is 1. The topological polar surface area (TPSA) is 66.8 Å². The average Bonchev–Trinajstić information content (AvgIpc) is 2.92. The summed E-state index contributed by atoms with van der Waals surface area (Å²) in [4.78, 5) is 24.5. The van der Waals surface area contributed by atoms with E-state index in [1.165, 1.54) is 4.90 Å². The minimum Gasteiger partial charge on any atom is -0.479 e. The van der Waals surface area contributed by atoms with E-state index in [-0.39, 0.29) is 5.91 Å². The van der Waals surface area contributed by atoms with Crippen LogP contribution in [-0.4, -0.2) is 41.1 Å². The molecule has 0 aliphatic carbocycles. The number of carboxylic acids is 1. The van der Waals surface area contributed by atoms with Gasteiger partial charge in [0.1, 0.15) is 6.10 Å². The van der Waals surface area contributed by atoms with Crippen LogP contribution in [0.4, 0.5) is 0 Å². The van der Waals surface area contributed by atoms with Crippen molar-refractivity contribution < 1.29 is 19.4 Å². The van der Waals surface area contributed by atoms with Gasteiger partial charge in [-0.25, -0.2) is 4.79 Å². The highest BCUT2D eigenvalue weighted by Crippen LogP contribution is 2.24. The second kappa shape index (κ2) is 6.64. The van der Waals surface area contributed by atoms with Crippen molar-refractivity contribution in [2.24, 2.45) is 0 Å². The van der Waals surface area contributed by atoms with Crippen LogP contribution in [0.5, 0.6) is 0 Å². The number of aliphatic carboxylic acids is 1. The number of ether oxygens (including phenoxy) is 1. The van der Waals surface area contributed by atoms with Crippen molar-refractivity contribution in [2.75, 3.05) is 7.05 Å². The highest BCUT2D eigenvalue weighted by atomic mass is 35.5. The number of amides is 1. The van der Waals surface area contributed by atoms with E-state index in [1.807, 2.05) is 0 Å². The molecule has 114 valence electrons. The summed E-state index contributed by atoms with van der Waals surface area (Å²) in [6, 6.07) is 5.15. The Morgan fingerprint density at radius 2 is 1.95 bits per heavy atom. The zero-order valence-corrected chi connectivity index (χ0v) is 12.9. The molecule has 2 unspecified atom stereocenters. The van der Waals surface area contributed by atoms with E-state index in [4.69, 9.17) is 33.0 Å². The van der Waals surface area contributed by atoms with Crippen LogP contribution in [0.1, 0.15) is 18.4 Å². The molecule has 1 N–H and O–H groups in total. The lowest BCUT2D eigenvalue weighted by Gasteiger charge is -2.21. The molecule has 1 aromatic rings. The summed E-state index contributed by atoms with van der Waals surface area (Å²) in [6.07, 6.45) is -0.815. The lowest BCUT2D eigenvalue weighted by atomic mass is 10.1. The first-order valence-corrected chi connectivity index (χ1v) is 7.21. The van der Waals surface area contributed by atoms with Gasteiger partial charge in [-0.2, -0.15) is 0 Å². The molecule has 2 rings (SSSR count). The van der Waals surface area contributed by atoms with Gasteiger partial charge >= 0.3 is 5.97 Å². The Labute approximate surface area is 132 Å². The molecule has 0 spiro atoms. The molecule has 1 aliphatic rings. The van der Waals surface area contributed by atoms with E-state index < -0.39 is 18.2 Å². The van der Waals surface area contributed by atoms with Crippen LogP contribution in [0.15, 0.2) is 18.2 Å². The zero-order valence-electron chi connectivity index (χ0n) is 11.4. The fraction of sp³-hybridized carbons (Fsp3) is 0.429. The first-order chi connectivity index (χ1) is 9.88. The van der Waals surface area contributed by atoms with Crippen LogP contribution >= 0.6 is 23.2 Å². The first-order valence-electron chi connectivity index (χ1n) is 6.45. The van der Waals surface area contributed by atoms with Crippen molar-refractivity contribution in [3.63, 3.8) is 0 Å². The molecule has 1 amide bonds. The number of nitrogens with zero attached hydrogens (tertiary/aromatic N) is 1. The quantitative estimate of drug-likeness (QED) is 0.920. The molecule has 1 aromatic carbocycles. The predicted octanol–water partition coefficient (Wildman–Crippen LogP) is 2.58. The van der Waals surface area contributed by atoms with Crippen LogP contribution in [0.2, 0.25) is 10.0 Å². The molecule has 1 fully saturated rings. The summed E-state index contributed by atoms with van der Waals surface area (Å²) in [5, 5.41) is 9.75. The highest BCUT2D eigenvalue weighted by molar-refractivity contribution is 6.42. The van der Waals surface area contributed by atoms with Crippen LogP contribution < -0.4 is 0 Å². The Bertz CT molecular complexity index is 564. The number of likely N-dealkylation sites (N-methyl/N-ethyl adjacent to an activating group) is 1. The minimum atomic E-state index is -1.03. The molecular formula is C14H15Cl2NO4. The van der Waals surface area contributed by atoms with E-state index in [0.717, 1.165) is 5.56 Å². The average molecular weight is 332 g/mol. The fourth-order valence-electron chi connectivity index (χ4n) is 2.24. The molecule has 21 heavy (non-hydrogen) atoms. The molecule has 0 aromatic heterocycles. The molecule has 0 bridgehead atoms. The third kappa shape index (κ3) is 3.87. The minimum absolute atomic E-state index is 0.232. The van der Waals surface area contributed by atoms with Crippen LogP contribution in [0.25, 0.3) is 0 Å². The standard InChI is InChI=1S/C14H15Cl2NO4/c1-17(7-8-2-3-9(15)10(16)6-8)13(18)11-4-5-12(21-11)14(19)20/h2-3,6,11-12H,4-5,7H2,1H3,(H,19,20).